The number of sulfone groups is 1. The van der Waals surface area contributed by atoms with Gasteiger partial charge in [0.2, 0.25) is 0 Å². The van der Waals surface area contributed by atoms with E-state index in [0.717, 1.165) is 24.5 Å². The van der Waals surface area contributed by atoms with Crippen LogP contribution >= 0.6 is 0 Å². The number of fused-ring (bicyclic) bond motifs is 1. The summed E-state index contributed by atoms with van der Waals surface area (Å²) in [5, 5.41) is 6.67. The predicted molar refractivity (Wildman–Crippen MR) is 68.2 cm³/mol. The lowest BCUT2D eigenvalue weighted by Crippen LogP contribution is -2.20. The topological polar surface area (TPSA) is 58.2 Å². The Balaban J connectivity index is 2.06. The quantitative estimate of drug-likeness (QED) is 0.799. The van der Waals surface area contributed by atoms with Gasteiger partial charge in [-0.2, -0.15) is 0 Å². The fourth-order valence-corrected chi connectivity index (χ4v) is 3.20. The molecule has 0 atom stereocenters. The minimum absolute atomic E-state index is 0.341. The van der Waals surface area contributed by atoms with Gasteiger partial charge in [0.1, 0.15) is 0 Å². The number of hydrogen-bond acceptors (Lipinski definition) is 4. The molecule has 1 aromatic carbocycles. The van der Waals surface area contributed by atoms with Crippen molar-refractivity contribution in [2.45, 2.75) is 17.7 Å². The van der Waals surface area contributed by atoms with Gasteiger partial charge in [0.15, 0.2) is 9.84 Å². The maximum Gasteiger partial charge on any atom is 0.177 e. The summed E-state index contributed by atoms with van der Waals surface area (Å²) in [6.07, 6.45) is 3.69. The Kier molecular flexibility index (Phi) is 2.17. The fourth-order valence-electron chi connectivity index (χ4n) is 2.32. The lowest BCUT2D eigenvalue weighted by Gasteiger charge is -2.12. The van der Waals surface area contributed by atoms with Gasteiger partial charge in [0.05, 0.1) is 16.3 Å². The smallest absolute Gasteiger partial charge is 0.177 e. The third kappa shape index (κ3) is 1.88. The van der Waals surface area contributed by atoms with Crippen molar-refractivity contribution in [1.82, 2.24) is 0 Å². The summed E-state index contributed by atoms with van der Waals surface area (Å²) in [5.41, 5.74) is 1.98. The maximum atomic E-state index is 11.7. The molecule has 1 aliphatic heterocycles. The molecule has 1 aromatic rings. The molecule has 1 saturated carbocycles. The maximum absolute atomic E-state index is 11.7. The number of para-hydroxylation sites is 1. The Morgan fingerprint density at radius 3 is 2.53 bits per heavy atom. The van der Waals surface area contributed by atoms with Crippen LogP contribution < -0.4 is 10.6 Å². The van der Waals surface area contributed by atoms with Crippen molar-refractivity contribution in [3.63, 3.8) is 0 Å². The van der Waals surface area contributed by atoms with E-state index in [4.69, 9.17) is 0 Å². The van der Waals surface area contributed by atoms with Crippen LogP contribution in [-0.2, 0) is 9.84 Å². The molecule has 1 spiro atoms. The minimum atomic E-state index is -3.18. The molecule has 0 radical (unpaired) electrons. The molecule has 17 heavy (non-hydrogen) atoms. The summed E-state index contributed by atoms with van der Waals surface area (Å²) in [5.74, 6) is 0. The van der Waals surface area contributed by atoms with Gasteiger partial charge in [-0.05, 0) is 25.0 Å². The van der Waals surface area contributed by atoms with Crippen LogP contribution in [0.3, 0.4) is 0 Å². The number of rotatable bonds is 1. The van der Waals surface area contributed by atoms with E-state index in [1.165, 1.54) is 19.1 Å². The van der Waals surface area contributed by atoms with E-state index in [0.29, 0.717) is 10.3 Å². The molecule has 4 nitrogen and oxygen atoms in total. The molecule has 0 amide bonds. The molecule has 0 saturated heterocycles. The van der Waals surface area contributed by atoms with E-state index >= 15 is 0 Å². The van der Waals surface area contributed by atoms with E-state index in [9.17, 15) is 8.42 Å². The minimum Gasteiger partial charge on any atom is -0.383 e. The van der Waals surface area contributed by atoms with Crippen LogP contribution in [0.1, 0.15) is 12.8 Å². The van der Waals surface area contributed by atoms with Gasteiger partial charge in [-0.25, -0.2) is 8.42 Å². The van der Waals surface area contributed by atoms with Crippen molar-refractivity contribution in [2.75, 3.05) is 30.0 Å². The van der Waals surface area contributed by atoms with Gasteiger partial charge in [-0.1, -0.05) is 6.07 Å². The van der Waals surface area contributed by atoms with Crippen LogP contribution in [0.25, 0.3) is 0 Å². The molecular weight excluding hydrogens is 236 g/mol. The molecule has 0 bridgehead atoms. The Morgan fingerprint density at radius 2 is 1.88 bits per heavy atom. The van der Waals surface area contributed by atoms with Crippen molar-refractivity contribution in [2.24, 2.45) is 5.41 Å². The van der Waals surface area contributed by atoms with E-state index in [1.807, 2.05) is 6.07 Å². The van der Waals surface area contributed by atoms with E-state index in [1.54, 1.807) is 12.1 Å². The van der Waals surface area contributed by atoms with Gasteiger partial charge in [0.25, 0.3) is 0 Å². The average molecular weight is 252 g/mol. The number of anilines is 2. The highest BCUT2D eigenvalue weighted by atomic mass is 32.2. The Hall–Kier alpha value is -1.23. The second-order valence-corrected chi connectivity index (χ2v) is 7.14. The molecule has 1 aliphatic carbocycles. The van der Waals surface area contributed by atoms with Gasteiger partial charge in [0, 0.05) is 24.8 Å². The van der Waals surface area contributed by atoms with Crippen LogP contribution in [-0.4, -0.2) is 27.8 Å². The highest BCUT2D eigenvalue weighted by molar-refractivity contribution is 7.90. The second kappa shape index (κ2) is 3.38. The van der Waals surface area contributed by atoms with Crippen LogP contribution in [0.2, 0.25) is 0 Å². The third-order valence-corrected chi connectivity index (χ3v) is 4.82. The average Bonchev–Trinajstić information content (AvgIpc) is 3.05. The van der Waals surface area contributed by atoms with Gasteiger partial charge >= 0.3 is 0 Å². The van der Waals surface area contributed by atoms with Gasteiger partial charge in [-0.3, -0.25) is 0 Å². The van der Waals surface area contributed by atoms with E-state index in [-0.39, 0.29) is 0 Å². The molecule has 5 heteroatoms. The normalized spacial score (nSPS) is 21.0. The summed E-state index contributed by atoms with van der Waals surface area (Å²) in [6, 6.07) is 5.38. The first-order valence-electron chi connectivity index (χ1n) is 5.81. The zero-order valence-electron chi connectivity index (χ0n) is 9.79. The Morgan fingerprint density at radius 1 is 1.18 bits per heavy atom. The first kappa shape index (κ1) is 10.9. The second-order valence-electron chi connectivity index (χ2n) is 5.16. The van der Waals surface area contributed by atoms with Crippen molar-refractivity contribution in [3.05, 3.63) is 18.2 Å². The Bertz CT molecular complexity index is 562. The molecule has 3 rings (SSSR count). The third-order valence-electron chi connectivity index (χ3n) is 3.68. The van der Waals surface area contributed by atoms with Gasteiger partial charge < -0.3 is 10.6 Å². The first-order valence-corrected chi connectivity index (χ1v) is 7.70. The van der Waals surface area contributed by atoms with Crippen molar-refractivity contribution < 1.29 is 8.42 Å². The zero-order valence-corrected chi connectivity index (χ0v) is 10.6. The highest BCUT2D eigenvalue weighted by Crippen LogP contribution is 2.48. The zero-order chi connectivity index (χ0) is 12.1. The van der Waals surface area contributed by atoms with Crippen LogP contribution in [0.4, 0.5) is 11.4 Å². The molecule has 2 N–H and O–H groups in total. The lowest BCUT2D eigenvalue weighted by molar-refractivity contribution is 0.581. The van der Waals surface area contributed by atoms with Crippen molar-refractivity contribution in [1.29, 1.82) is 0 Å². The van der Waals surface area contributed by atoms with Crippen LogP contribution in [0.15, 0.2) is 23.1 Å². The predicted octanol–water partition coefficient (Wildman–Crippen LogP) is 1.71. The molecule has 0 aromatic heterocycles. The van der Waals surface area contributed by atoms with Gasteiger partial charge in [-0.15, -0.1) is 0 Å². The summed E-state index contributed by atoms with van der Waals surface area (Å²) in [6.45, 7) is 1.79. The van der Waals surface area contributed by atoms with Crippen molar-refractivity contribution in [3.8, 4) is 0 Å². The summed E-state index contributed by atoms with van der Waals surface area (Å²) in [4.78, 5) is 0.389. The fraction of sp³-hybridized carbons (Fsp3) is 0.500. The van der Waals surface area contributed by atoms with Crippen LogP contribution in [0.5, 0.6) is 0 Å². The monoisotopic (exact) mass is 252 g/mol. The standard InChI is InChI=1S/C12H16N2O2S/c1-17(15,16)10-4-2-3-9-11(10)14-8-12(5-6-12)7-13-9/h2-4,13-14H,5-8H2,1H3. The first-order chi connectivity index (χ1) is 8.00. The lowest BCUT2D eigenvalue weighted by atomic mass is 10.1. The SMILES string of the molecule is CS(=O)(=O)c1cccc2c1NCC1(CC1)CN2. The highest BCUT2D eigenvalue weighted by Gasteiger charge is 2.43. The van der Waals surface area contributed by atoms with Crippen LogP contribution in [0, 0.1) is 5.41 Å². The molecule has 0 unspecified atom stereocenters. The molecular formula is C12H16N2O2S. The number of nitrogens with one attached hydrogen (secondary N) is 2. The molecule has 2 aliphatic rings. The number of benzene rings is 1. The number of hydrogen-bond donors (Lipinski definition) is 2. The summed E-state index contributed by atoms with van der Waals surface area (Å²) in [7, 11) is -3.18. The summed E-state index contributed by atoms with van der Waals surface area (Å²) < 4.78 is 23.5. The van der Waals surface area contributed by atoms with Crippen molar-refractivity contribution >= 4 is 21.2 Å². The van der Waals surface area contributed by atoms with E-state index in [2.05, 4.69) is 10.6 Å². The molecule has 92 valence electrons. The Labute approximate surface area is 101 Å². The van der Waals surface area contributed by atoms with E-state index < -0.39 is 9.84 Å². The largest absolute Gasteiger partial charge is 0.383 e. The molecule has 1 fully saturated rings. The molecule has 1 heterocycles. The summed E-state index contributed by atoms with van der Waals surface area (Å²) >= 11 is 0.